The maximum atomic E-state index is 11.4. The van der Waals surface area contributed by atoms with Crippen LogP contribution in [-0.2, 0) is 14.3 Å². The van der Waals surface area contributed by atoms with Crippen molar-refractivity contribution in [2.24, 2.45) is 0 Å². The molecule has 0 saturated heterocycles. The van der Waals surface area contributed by atoms with Crippen molar-refractivity contribution in [2.45, 2.75) is 6.92 Å². The second-order valence-corrected chi connectivity index (χ2v) is 3.28. The van der Waals surface area contributed by atoms with E-state index in [2.05, 4.69) is 16.1 Å². The largest absolute Gasteiger partial charge is 0.507 e. The number of ether oxygens (including phenoxy) is 2. The smallest absolute Gasteiger partial charge is 0.344 e. The SMILES string of the molecule is C=C(C)C(=O)OCOC(=O)c1ccccc1O. The first kappa shape index (κ1) is 12.8. The fraction of sp³-hybridized carbons (Fsp3) is 0.167. The average Bonchev–Trinajstić information content (AvgIpc) is 2.29. The van der Waals surface area contributed by atoms with Gasteiger partial charge in [0.2, 0.25) is 6.79 Å². The van der Waals surface area contributed by atoms with Crippen molar-refractivity contribution < 1.29 is 24.2 Å². The number of hydrogen-bond donors (Lipinski definition) is 1. The third-order valence-corrected chi connectivity index (χ3v) is 1.85. The van der Waals surface area contributed by atoms with Gasteiger partial charge in [-0.05, 0) is 19.1 Å². The van der Waals surface area contributed by atoms with Crippen LogP contribution in [0.15, 0.2) is 36.4 Å². The summed E-state index contributed by atoms with van der Waals surface area (Å²) in [6.07, 6.45) is 0. The van der Waals surface area contributed by atoms with Crippen LogP contribution in [0, 0.1) is 0 Å². The molecule has 0 atom stereocenters. The standard InChI is InChI=1S/C12H12O5/c1-8(2)11(14)16-7-17-12(15)9-5-3-4-6-10(9)13/h3-6,13H,1,7H2,2H3. The van der Waals surface area contributed by atoms with Crippen LogP contribution in [0.25, 0.3) is 0 Å². The Morgan fingerprint density at radius 3 is 2.53 bits per heavy atom. The third kappa shape index (κ3) is 3.64. The predicted octanol–water partition coefficient (Wildman–Crippen LogP) is 1.63. The predicted molar refractivity (Wildman–Crippen MR) is 59.3 cm³/mol. The van der Waals surface area contributed by atoms with Gasteiger partial charge in [0.1, 0.15) is 11.3 Å². The van der Waals surface area contributed by atoms with Gasteiger partial charge in [-0.25, -0.2) is 9.59 Å². The number of phenols is 1. The van der Waals surface area contributed by atoms with E-state index in [-0.39, 0.29) is 16.9 Å². The zero-order valence-corrected chi connectivity index (χ0v) is 9.30. The van der Waals surface area contributed by atoms with Crippen LogP contribution in [0.3, 0.4) is 0 Å². The fourth-order valence-electron chi connectivity index (χ4n) is 0.984. The Labute approximate surface area is 98.3 Å². The van der Waals surface area contributed by atoms with Crippen molar-refractivity contribution in [1.29, 1.82) is 0 Å². The summed E-state index contributed by atoms with van der Waals surface area (Å²) >= 11 is 0. The van der Waals surface area contributed by atoms with E-state index in [1.165, 1.54) is 19.1 Å². The summed E-state index contributed by atoms with van der Waals surface area (Å²) in [7, 11) is 0. The molecule has 1 N–H and O–H groups in total. The number of aromatic hydroxyl groups is 1. The van der Waals surface area contributed by atoms with E-state index in [1.807, 2.05) is 0 Å². The van der Waals surface area contributed by atoms with Crippen LogP contribution in [0.2, 0.25) is 0 Å². The maximum absolute atomic E-state index is 11.4. The van der Waals surface area contributed by atoms with Crippen molar-refractivity contribution in [3.05, 3.63) is 42.0 Å². The average molecular weight is 236 g/mol. The molecule has 5 nitrogen and oxygen atoms in total. The van der Waals surface area contributed by atoms with Gasteiger partial charge >= 0.3 is 11.9 Å². The van der Waals surface area contributed by atoms with E-state index >= 15 is 0 Å². The minimum Gasteiger partial charge on any atom is -0.507 e. The molecule has 17 heavy (non-hydrogen) atoms. The molecule has 1 rings (SSSR count). The molecular formula is C12H12O5. The Balaban J connectivity index is 2.49. The molecule has 0 aromatic heterocycles. The molecular weight excluding hydrogens is 224 g/mol. The minimum absolute atomic E-state index is 0.0128. The Morgan fingerprint density at radius 2 is 1.94 bits per heavy atom. The van der Waals surface area contributed by atoms with Gasteiger partial charge in [-0.2, -0.15) is 0 Å². The molecule has 0 amide bonds. The molecule has 0 fully saturated rings. The zero-order valence-electron chi connectivity index (χ0n) is 9.30. The van der Waals surface area contributed by atoms with Crippen molar-refractivity contribution in [3.63, 3.8) is 0 Å². The normalized spacial score (nSPS) is 9.47. The molecule has 0 spiro atoms. The zero-order chi connectivity index (χ0) is 12.8. The highest BCUT2D eigenvalue weighted by molar-refractivity contribution is 5.92. The van der Waals surface area contributed by atoms with Crippen LogP contribution < -0.4 is 0 Å². The Hall–Kier alpha value is -2.30. The molecule has 0 aliphatic heterocycles. The van der Waals surface area contributed by atoms with Gasteiger partial charge in [0.15, 0.2) is 0 Å². The third-order valence-electron chi connectivity index (χ3n) is 1.85. The first-order valence-corrected chi connectivity index (χ1v) is 4.80. The Morgan fingerprint density at radius 1 is 1.29 bits per heavy atom. The molecule has 0 heterocycles. The number of esters is 2. The van der Waals surface area contributed by atoms with Gasteiger partial charge in [-0.3, -0.25) is 0 Å². The molecule has 0 aliphatic carbocycles. The molecule has 5 heteroatoms. The lowest BCUT2D eigenvalue weighted by Gasteiger charge is -2.06. The van der Waals surface area contributed by atoms with Crippen molar-refractivity contribution >= 4 is 11.9 Å². The first-order chi connectivity index (χ1) is 8.02. The quantitative estimate of drug-likeness (QED) is 0.488. The van der Waals surface area contributed by atoms with E-state index in [1.54, 1.807) is 12.1 Å². The number of para-hydroxylation sites is 1. The van der Waals surface area contributed by atoms with Gasteiger partial charge in [0.25, 0.3) is 0 Å². The summed E-state index contributed by atoms with van der Waals surface area (Å²) in [6.45, 7) is 4.33. The Kier molecular flexibility index (Phi) is 4.28. The summed E-state index contributed by atoms with van der Waals surface area (Å²) in [6, 6.07) is 5.91. The second kappa shape index (κ2) is 5.69. The molecule has 1 aromatic carbocycles. The molecule has 0 saturated carbocycles. The number of rotatable bonds is 4. The van der Waals surface area contributed by atoms with Crippen LogP contribution in [-0.4, -0.2) is 23.8 Å². The van der Waals surface area contributed by atoms with Gasteiger partial charge in [0.05, 0.1) is 0 Å². The van der Waals surface area contributed by atoms with Gasteiger partial charge in [-0.15, -0.1) is 0 Å². The highest BCUT2D eigenvalue weighted by Gasteiger charge is 2.12. The lowest BCUT2D eigenvalue weighted by molar-refractivity contribution is -0.147. The molecule has 0 unspecified atom stereocenters. The fourth-order valence-corrected chi connectivity index (χ4v) is 0.984. The lowest BCUT2D eigenvalue weighted by Crippen LogP contribution is -2.13. The summed E-state index contributed by atoms with van der Waals surface area (Å²) < 4.78 is 9.22. The molecule has 90 valence electrons. The molecule has 0 aliphatic rings. The van der Waals surface area contributed by atoms with Crippen molar-refractivity contribution in [2.75, 3.05) is 6.79 Å². The van der Waals surface area contributed by atoms with E-state index in [0.717, 1.165) is 0 Å². The summed E-state index contributed by atoms with van der Waals surface area (Å²) in [5.41, 5.74) is 0.225. The van der Waals surface area contributed by atoms with Gasteiger partial charge in [0, 0.05) is 5.57 Å². The van der Waals surface area contributed by atoms with Crippen LogP contribution in [0.4, 0.5) is 0 Å². The number of benzene rings is 1. The van der Waals surface area contributed by atoms with Crippen molar-refractivity contribution in [1.82, 2.24) is 0 Å². The molecule has 1 aromatic rings. The maximum Gasteiger partial charge on any atom is 0.344 e. The second-order valence-electron chi connectivity index (χ2n) is 3.28. The Bertz CT molecular complexity index is 450. The van der Waals surface area contributed by atoms with E-state index in [9.17, 15) is 14.7 Å². The summed E-state index contributed by atoms with van der Waals surface area (Å²) in [4.78, 5) is 22.4. The lowest BCUT2D eigenvalue weighted by atomic mass is 10.2. The number of carbonyl (C=O) groups excluding carboxylic acids is 2. The summed E-state index contributed by atoms with van der Waals surface area (Å²) in [5.74, 6) is -1.60. The highest BCUT2D eigenvalue weighted by atomic mass is 16.7. The topological polar surface area (TPSA) is 72.8 Å². The highest BCUT2D eigenvalue weighted by Crippen LogP contribution is 2.16. The minimum atomic E-state index is -0.766. The van der Waals surface area contributed by atoms with Crippen molar-refractivity contribution in [3.8, 4) is 5.75 Å². The molecule has 0 bridgehead atoms. The number of carbonyl (C=O) groups is 2. The van der Waals surface area contributed by atoms with Crippen LogP contribution in [0.5, 0.6) is 5.75 Å². The number of phenolic OH excluding ortho intramolecular Hbond substituents is 1. The van der Waals surface area contributed by atoms with Gasteiger partial charge in [-0.1, -0.05) is 18.7 Å². The van der Waals surface area contributed by atoms with Crippen LogP contribution in [0.1, 0.15) is 17.3 Å². The van der Waals surface area contributed by atoms with E-state index < -0.39 is 18.7 Å². The van der Waals surface area contributed by atoms with Gasteiger partial charge < -0.3 is 14.6 Å². The van der Waals surface area contributed by atoms with Crippen LogP contribution >= 0.6 is 0 Å². The number of hydrogen-bond acceptors (Lipinski definition) is 5. The van der Waals surface area contributed by atoms with E-state index in [4.69, 9.17) is 0 Å². The van der Waals surface area contributed by atoms with E-state index in [0.29, 0.717) is 0 Å². The molecule has 0 radical (unpaired) electrons. The monoisotopic (exact) mass is 236 g/mol. The first-order valence-electron chi connectivity index (χ1n) is 4.80. The summed E-state index contributed by atoms with van der Waals surface area (Å²) in [5, 5.41) is 9.35.